The van der Waals surface area contributed by atoms with Crippen molar-refractivity contribution in [3.05, 3.63) is 58.3 Å². The van der Waals surface area contributed by atoms with Crippen LogP contribution in [0.4, 0.5) is 0 Å². The van der Waals surface area contributed by atoms with Crippen LogP contribution in [0.15, 0.2) is 47.4 Å². The maximum Gasteiger partial charge on any atom is 0.245 e. The van der Waals surface area contributed by atoms with E-state index in [0.717, 1.165) is 5.56 Å². The van der Waals surface area contributed by atoms with Crippen LogP contribution < -0.4 is 0 Å². The van der Waals surface area contributed by atoms with E-state index in [-0.39, 0.29) is 32.6 Å². The molecule has 0 radical (unpaired) electrons. The Bertz CT molecular complexity index is 1040. The van der Waals surface area contributed by atoms with Crippen LogP contribution in [0.25, 0.3) is 10.9 Å². The first-order valence-corrected chi connectivity index (χ1v) is 9.34. The van der Waals surface area contributed by atoms with E-state index in [0.29, 0.717) is 0 Å². The fraction of sp³-hybridized carbons (Fsp3) is 0.125. The molecule has 2 aromatic carbocycles. The largest absolute Gasteiger partial charge is 0.493 e. The second-order valence-electron chi connectivity index (χ2n) is 5.36. The summed E-state index contributed by atoms with van der Waals surface area (Å²) in [6.07, 6.45) is 0. The molecule has 0 fully saturated rings. The maximum absolute atomic E-state index is 13.0. The monoisotopic (exact) mass is 397 g/mol. The molecule has 25 heavy (non-hydrogen) atoms. The van der Waals surface area contributed by atoms with Gasteiger partial charge in [0.05, 0.1) is 10.9 Å². The van der Waals surface area contributed by atoms with Crippen LogP contribution in [0.2, 0.25) is 10.3 Å². The molecule has 0 atom stereocenters. The Labute approximate surface area is 154 Å². The van der Waals surface area contributed by atoms with Crippen LogP contribution in [-0.4, -0.2) is 34.8 Å². The van der Waals surface area contributed by atoms with Gasteiger partial charge in [0, 0.05) is 18.6 Å². The highest BCUT2D eigenvalue weighted by Gasteiger charge is 2.26. The quantitative estimate of drug-likeness (QED) is 0.681. The lowest BCUT2D eigenvalue weighted by Gasteiger charge is -2.18. The Hall–Kier alpha value is -1.93. The van der Waals surface area contributed by atoms with Crippen LogP contribution >= 0.6 is 23.2 Å². The lowest BCUT2D eigenvalue weighted by atomic mass is 10.2. The zero-order chi connectivity index (χ0) is 18.2. The number of hydrogen-bond donors (Lipinski definition) is 1. The molecule has 0 amide bonds. The molecular weight excluding hydrogens is 385 g/mol. The number of sulfonamides is 1. The summed E-state index contributed by atoms with van der Waals surface area (Å²) in [5, 5.41) is 9.94. The Balaban J connectivity index is 2.14. The van der Waals surface area contributed by atoms with Gasteiger partial charge >= 0.3 is 0 Å². The van der Waals surface area contributed by atoms with Gasteiger partial charge in [-0.15, -0.1) is 0 Å². The number of halogens is 2. The maximum atomic E-state index is 13.0. The average molecular weight is 398 g/mol. The smallest absolute Gasteiger partial charge is 0.245 e. The average Bonchev–Trinajstić information content (AvgIpc) is 2.56. The fourth-order valence-electron chi connectivity index (χ4n) is 2.41. The molecule has 0 bridgehead atoms. The molecule has 3 aromatic rings. The van der Waals surface area contributed by atoms with Crippen molar-refractivity contribution in [3.8, 4) is 5.88 Å². The highest BCUT2D eigenvalue weighted by Crippen LogP contribution is 2.33. The molecule has 1 aromatic heterocycles. The van der Waals surface area contributed by atoms with E-state index >= 15 is 0 Å². The third kappa shape index (κ3) is 3.55. The van der Waals surface area contributed by atoms with E-state index in [9.17, 15) is 13.5 Å². The van der Waals surface area contributed by atoms with Gasteiger partial charge in [-0.1, -0.05) is 41.9 Å². The molecule has 6 nitrogen and oxygen atoms in total. The zero-order valence-electron chi connectivity index (χ0n) is 13.0. The van der Waals surface area contributed by atoms with Gasteiger partial charge in [0.1, 0.15) is 4.90 Å². The Morgan fingerprint density at radius 2 is 1.80 bits per heavy atom. The van der Waals surface area contributed by atoms with Gasteiger partial charge in [0.2, 0.25) is 21.2 Å². The first-order chi connectivity index (χ1) is 11.8. The second-order valence-corrected chi connectivity index (χ2v) is 8.15. The van der Waals surface area contributed by atoms with E-state index in [4.69, 9.17) is 23.2 Å². The first kappa shape index (κ1) is 17.9. The third-order valence-corrected chi connectivity index (χ3v) is 5.82. The Morgan fingerprint density at radius 3 is 2.48 bits per heavy atom. The van der Waals surface area contributed by atoms with Gasteiger partial charge in [-0.3, -0.25) is 0 Å². The third-order valence-electron chi connectivity index (χ3n) is 3.62. The van der Waals surface area contributed by atoms with Crippen molar-refractivity contribution in [2.24, 2.45) is 0 Å². The first-order valence-electron chi connectivity index (χ1n) is 7.15. The van der Waals surface area contributed by atoms with E-state index < -0.39 is 15.9 Å². The van der Waals surface area contributed by atoms with Crippen molar-refractivity contribution >= 4 is 44.1 Å². The molecule has 0 saturated carbocycles. The Morgan fingerprint density at radius 1 is 1.12 bits per heavy atom. The second kappa shape index (κ2) is 6.76. The summed E-state index contributed by atoms with van der Waals surface area (Å²) < 4.78 is 27.2. The van der Waals surface area contributed by atoms with Gasteiger partial charge in [-0.2, -0.15) is 9.29 Å². The summed E-state index contributed by atoms with van der Waals surface area (Å²) in [7, 11) is -2.47. The van der Waals surface area contributed by atoms with Crippen molar-refractivity contribution in [2.75, 3.05) is 7.05 Å². The number of aromatic hydroxyl groups is 1. The van der Waals surface area contributed by atoms with Crippen molar-refractivity contribution in [1.29, 1.82) is 0 Å². The van der Waals surface area contributed by atoms with Crippen LogP contribution in [0, 0.1) is 0 Å². The highest BCUT2D eigenvalue weighted by molar-refractivity contribution is 7.89. The van der Waals surface area contributed by atoms with Crippen molar-refractivity contribution in [2.45, 2.75) is 11.4 Å². The van der Waals surface area contributed by atoms with Gasteiger partial charge in [0.25, 0.3) is 0 Å². The number of hydrogen-bond acceptors (Lipinski definition) is 5. The van der Waals surface area contributed by atoms with Gasteiger partial charge < -0.3 is 5.11 Å². The van der Waals surface area contributed by atoms with Crippen molar-refractivity contribution in [3.63, 3.8) is 0 Å². The Kier molecular flexibility index (Phi) is 4.83. The molecule has 0 aliphatic carbocycles. The minimum atomic E-state index is -3.93. The molecule has 0 saturated heterocycles. The molecular formula is C16H13Cl2N3O3S. The summed E-state index contributed by atoms with van der Waals surface area (Å²) in [5.41, 5.74) is 0.845. The van der Waals surface area contributed by atoms with Gasteiger partial charge in [-0.05, 0) is 29.3 Å². The summed E-state index contributed by atoms with van der Waals surface area (Å²) in [6, 6.07) is 11.8. The van der Waals surface area contributed by atoms with Gasteiger partial charge in [-0.25, -0.2) is 13.4 Å². The molecule has 3 rings (SSSR count). The molecule has 9 heteroatoms. The fourth-order valence-corrected chi connectivity index (χ4v) is 4.19. The molecule has 1 N–H and O–H groups in total. The van der Waals surface area contributed by atoms with Crippen LogP contribution in [0.3, 0.4) is 0 Å². The van der Waals surface area contributed by atoms with E-state index in [1.165, 1.54) is 23.5 Å². The summed E-state index contributed by atoms with van der Waals surface area (Å²) in [5.74, 6) is -0.431. The lowest BCUT2D eigenvalue weighted by Crippen LogP contribution is -2.27. The number of nitrogens with zero attached hydrogens (tertiary/aromatic N) is 3. The van der Waals surface area contributed by atoms with Crippen molar-refractivity contribution in [1.82, 2.24) is 14.3 Å². The molecule has 0 spiro atoms. The minimum absolute atomic E-state index is 0.0156. The van der Waals surface area contributed by atoms with E-state index in [1.807, 2.05) is 30.3 Å². The van der Waals surface area contributed by atoms with Gasteiger partial charge in [0.15, 0.2) is 0 Å². The topological polar surface area (TPSA) is 83.4 Å². The number of rotatable bonds is 4. The normalized spacial score (nSPS) is 12.0. The number of aromatic nitrogens is 2. The molecule has 1 heterocycles. The van der Waals surface area contributed by atoms with Crippen LogP contribution in [0.5, 0.6) is 5.88 Å². The van der Waals surface area contributed by atoms with E-state index in [1.54, 1.807) is 0 Å². The zero-order valence-corrected chi connectivity index (χ0v) is 15.3. The summed E-state index contributed by atoms with van der Waals surface area (Å²) in [6.45, 7) is 0.169. The number of benzene rings is 2. The minimum Gasteiger partial charge on any atom is -0.493 e. The van der Waals surface area contributed by atoms with Crippen LogP contribution in [0.1, 0.15) is 5.56 Å². The predicted octanol–water partition coefficient (Wildman–Crippen LogP) is 3.46. The van der Waals surface area contributed by atoms with Crippen LogP contribution in [-0.2, 0) is 16.6 Å². The predicted molar refractivity (Wildman–Crippen MR) is 96.3 cm³/mol. The standard InChI is InChI=1S/C16H13Cl2N3O3S/c1-21(9-10-5-3-2-4-6-10)25(23,24)13-8-11(17)7-12-14(13)19-16(18)20-15(12)22/h2-8H,9H2,1H3,(H,19,20,22). The molecule has 130 valence electrons. The van der Waals surface area contributed by atoms with E-state index in [2.05, 4.69) is 9.97 Å². The van der Waals surface area contributed by atoms with Crippen molar-refractivity contribution < 1.29 is 13.5 Å². The molecule has 0 aliphatic heterocycles. The number of fused-ring (bicyclic) bond motifs is 1. The summed E-state index contributed by atoms with van der Waals surface area (Å²) in [4.78, 5) is 7.44. The molecule has 0 aliphatic rings. The lowest BCUT2D eigenvalue weighted by molar-refractivity contribution is 0.459. The SMILES string of the molecule is CN(Cc1ccccc1)S(=O)(=O)c1cc(Cl)cc2c(O)nc(Cl)nc12. The summed E-state index contributed by atoms with van der Waals surface area (Å²) >= 11 is 11.8. The molecule has 0 unspecified atom stereocenters. The highest BCUT2D eigenvalue weighted by atomic mass is 35.5.